The molecule has 1 aliphatic carbocycles. The van der Waals surface area contributed by atoms with Gasteiger partial charge in [-0.2, -0.15) is 0 Å². The monoisotopic (exact) mass is 546 g/mol. The van der Waals surface area contributed by atoms with Gasteiger partial charge < -0.3 is 19.6 Å². The number of fused-ring (bicyclic) bond motifs is 5. The number of nitrogens with zero attached hydrogens (tertiary/aromatic N) is 6. The second-order valence-electron chi connectivity index (χ2n) is 11.4. The van der Waals surface area contributed by atoms with E-state index >= 15 is 0 Å². The molecule has 1 N–H and O–H groups in total. The maximum Gasteiger partial charge on any atom is 0.352 e. The van der Waals surface area contributed by atoms with Crippen LogP contribution in [-0.2, 0) is 22.5 Å². The quantitative estimate of drug-likeness (QED) is 0.382. The molecule has 7 rings (SSSR count). The number of aliphatic hydroxyl groups excluding tert-OH is 1. The molecule has 0 amide bonds. The van der Waals surface area contributed by atoms with Crippen molar-refractivity contribution in [3.05, 3.63) is 74.3 Å². The number of benzene rings is 1. The molecule has 3 aliphatic heterocycles. The lowest BCUT2D eigenvalue weighted by atomic mass is 9.78. The molecule has 0 radical (unpaired) electrons. The lowest BCUT2D eigenvalue weighted by molar-refractivity contribution is 0.0300. The zero-order chi connectivity index (χ0) is 27.7. The molecule has 0 spiro atoms. The van der Waals surface area contributed by atoms with E-state index in [-0.39, 0.29) is 18.1 Å². The Hall–Kier alpha value is -3.70. The van der Waals surface area contributed by atoms with Gasteiger partial charge in [-0.25, -0.2) is 23.5 Å². The van der Waals surface area contributed by atoms with E-state index in [1.165, 1.54) is 19.5 Å². The summed E-state index contributed by atoms with van der Waals surface area (Å²) in [6, 6.07) is 10.4. The molecule has 1 saturated heterocycles. The van der Waals surface area contributed by atoms with Gasteiger partial charge in [0.25, 0.3) is 0 Å². The summed E-state index contributed by atoms with van der Waals surface area (Å²) in [5, 5.41) is 15.8. The van der Waals surface area contributed by atoms with E-state index in [0.29, 0.717) is 30.9 Å². The third kappa shape index (κ3) is 3.94. The molecule has 1 aromatic carbocycles. The van der Waals surface area contributed by atoms with Gasteiger partial charge in [-0.1, -0.05) is 23.4 Å². The van der Waals surface area contributed by atoms with Crippen LogP contribution in [0, 0.1) is 19.8 Å². The van der Waals surface area contributed by atoms with Gasteiger partial charge in [0.15, 0.2) is 0 Å². The van der Waals surface area contributed by atoms with Crippen molar-refractivity contribution in [3.8, 4) is 5.69 Å². The molecule has 11 heteroatoms. The van der Waals surface area contributed by atoms with Crippen LogP contribution in [0.5, 0.6) is 0 Å². The minimum atomic E-state index is -0.925. The predicted molar refractivity (Wildman–Crippen MR) is 148 cm³/mol. The summed E-state index contributed by atoms with van der Waals surface area (Å²) in [5.41, 5.74) is 4.86. The molecular formula is C29H34N6O5. The summed E-state index contributed by atoms with van der Waals surface area (Å²) in [6.07, 6.45) is 0.636. The Kier molecular flexibility index (Phi) is 5.97. The van der Waals surface area contributed by atoms with Gasteiger partial charge in [0.2, 0.25) is 0 Å². The molecule has 2 fully saturated rings. The third-order valence-electron chi connectivity index (χ3n) is 8.82. The summed E-state index contributed by atoms with van der Waals surface area (Å²) in [4.78, 5) is 40.0. The van der Waals surface area contributed by atoms with Crippen molar-refractivity contribution < 1.29 is 14.7 Å². The van der Waals surface area contributed by atoms with E-state index in [9.17, 15) is 14.7 Å². The fourth-order valence-corrected chi connectivity index (χ4v) is 6.68. The van der Waals surface area contributed by atoms with E-state index in [1.54, 1.807) is 24.3 Å². The van der Waals surface area contributed by atoms with E-state index in [0.717, 1.165) is 36.5 Å². The molecule has 0 unspecified atom stereocenters. The molecule has 2 aromatic heterocycles. The van der Waals surface area contributed by atoms with Gasteiger partial charge in [-0.05, 0) is 63.8 Å². The maximum absolute atomic E-state index is 13.6. The van der Waals surface area contributed by atoms with E-state index in [4.69, 9.17) is 14.6 Å². The first kappa shape index (κ1) is 25.3. The van der Waals surface area contributed by atoms with Gasteiger partial charge in [-0.15, -0.1) is 0 Å². The topological polar surface area (TPSA) is 119 Å². The number of epoxide rings is 1. The predicted octanol–water partition coefficient (Wildman–Crippen LogP) is 1.73. The van der Waals surface area contributed by atoms with Gasteiger partial charge in [0.1, 0.15) is 24.4 Å². The highest BCUT2D eigenvalue weighted by Gasteiger charge is 2.61. The average Bonchev–Trinajstić information content (AvgIpc) is 3.70. The lowest BCUT2D eigenvalue weighted by Crippen LogP contribution is -2.53. The third-order valence-corrected chi connectivity index (χ3v) is 8.82. The first-order chi connectivity index (χ1) is 19.3. The van der Waals surface area contributed by atoms with Crippen LogP contribution < -0.4 is 16.3 Å². The molecule has 11 nitrogen and oxygen atoms in total. The lowest BCUT2D eigenvalue weighted by Gasteiger charge is -2.38. The minimum absolute atomic E-state index is 0.203. The van der Waals surface area contributed by atoms with Crippen molar-refractivity contribution in [3.63, 3.8) is 0 Å². The number of para-hydroxylation sites is 1. The van der Waals surface area contributed by atoms with Crippen LogP contribution in [0.4, 0.5) is 5.69 Å². The van der Waals surface area contributed by atoms with Gasteiger partial charge in [0, 0.05) is 24.7 Å². The number of aryl methyl sites for hydroxylation is 3. The number of ether oxygens (including phenoxy) is 1. The van der Waals surface area contributed by atoms with Crippen molar-refractivity contribution in [1.82, 2.24) is 18.9 Å². The highest BCUT2D eigenvalue weighted by atomic mass is 16.6. The molecule has 5 heterocycles. The van der Waals surface area contributed by atoms with Crippen LogP contribution in [0.2, 0.25) is 0 Å². The number of anilines is 1. The molecule has 3 aromatic rings. The smallest absolute Gasteiger partial charge is 0.352 e. The number of oxime groups is 1. The number of hydrogen-bond acceptors (Lipinski definition) is 8. The maximum atomic E-state index is 13.6. The Bertz CT molecular complexity index is 1610. The van der Waals surface area contributed by atoms with Crippen LogP contribution in [-0.4, -0.2) is 67.2 Å². The number of hydrogen-bond donors (Lipinski definition) is 1. The fourth-order valence-electron chi connectivity index (χ4n) is 6.68. The van der Waals surface area contributed by atoms with Crippen molar-refractivity contribution in [2.45, 2.75) is 77.0 Å². The molecule has 1 saturated carbocycles. The highest BCUT2D eigenvalue weighted by molar-refractivity contribution is 5.94. The average molecular weight is 547 g/mol. The minimum Gasteiger partial charge on any atom is -0.391 e. The number of aliphatic hydroxyl groups is 1. The summed E-state index contributed by atoms with van der Waals surface area (Å²) in [6.45, 7) is 8.07. The van der Waals surface area contributed by atoms with Gasteiger partial charge in [-0.3, -0.25) is 4.98 Å². The Labute approximate surface area is 231 Å². The zero-order valence-electron chi connectivity index (χ0n) is 22.9. The van der Waals surface area contributed by atoms with E-state index < -0.39 is 29.6 Å². The van der Waals surface area contributed by atoms with Crippen molar-refractivity contribution >= 4 is 11.4 Å². The molecule has 4 aliphatic rings. The number of pyridine rings is 1. The Morgan fingerprint density at radius 2 is 1.98 bits per heavy atom. The van der Waals surface area contributed by atoms with Crippen molar-refractivity contribution in [2.75, 3.05) is 18.0 Å². The van der Waals surface area contributed by atoms with Crippen LogP contribution in [0.15, 0.2) is 51.1 Å². The Morgan fingerprint density at radius 1 is 1.18 bits per heavy atom. The van der Waals surface area contributed by atoms with Crippen LogP contribution in [0.1, 0.15) is 42.8 Å². The van der Waals surface area contributed by atoms with Crippen LogP contribution in [0.3, 0.4) is 0 Å². The van der Waals surface area contributed by atoms with Crippen molar-refractivity contribution in [2.24, 2.45) is 11.1 Å². The second kappa shape index (κ2) is 9.45. The standard InChI is InChI=1S/C29H34N6O5/c1-16-14-22-21(30-18(16)3)10-7-12-32(22)15-17(2)40-31-23-20-11-13-33-28(37)34(19-8-5-4-6-9-19)29(38)35(33)24(20)25(36)27-26(23)39-27/h4-6,8-9,14,17,20,24-27,36H,7,10-13,15H2,1-3H3/b31-23+/t17-,20+,24+,25-,26+,27-/m0/s1. The number of aromatic nitrogens is 4. The SMILES string of the molecule is Cc1cc2c(nc1C)CCCN2C[C@H](C)O/N=C1\[C@H]2CCn3c(=O)n(-c4ccccc4)c(=O)n3[C@H]2[C@H](O)[C@@H]2O[C@H]12. The molecular weight excluding hydrogens is 512 g/mol. The Morgan fingerprint density at radius 3 is 2.77 bits per heavy atom. The largest absolute Gasteiger partial charge is 0.391 e. The molecule has 210 valence electrons. The first-order valence-corrected chi connectivity index (χ1v) is 14.1. The summed E-state index contributed by atoms with van der Waals surface area (Å²) < 4.78 is 9.85. The van der Waals surface area contributed by atoms with E-state index in [1.807, 2.05) is 19.9 Å². The zero-order valence-corrected chi connectivity index (χ0v) is 22.9. The highest BCUT2D eigenvalue weighted by Crippen LogP contribution is 2.46. The van der Waals surface area contributed by atoms with Crippen LogP contribution in [0.25, 0.3) is 5.69 Å². The first-order valence-electron chi connectivity index (χ1n) is 14.1. The van der Waals surface area contributed by atoms with E-state index in [2.05, 4.69) is 23.0 Å². The molecule has 6 atom stereocenters. The van der Waals surface area contributed by atoms with Gasteiger partial charge >= 0.3 is 11.4 Å². The van der Waals surface area contributed by atoms with Crippen molar-refractivity contribution in [1.29, 1.82) is 0 Å². The second-order valence-corrected chi connectivity index (χ2v) is 11.4. The molecule has 0 bridgehead atoms. The van der Waals surface area contributed by atoms with Crippen LogP contribution >= 0.6 is 0 Å². The normalized spacial score (nSPS) is 28.4. The fraction of sp³-hybridized carbons (Fsp3) is 0.517. The summed E-state index contributed by atoms with van der Waals surface area (Å²) >= 11 is 0. The molecule has 40 heavy (non-hydrogen) atoms. The number of rotatable bonds is 5. The summed E-state index contributed by atoms with van der Waals surface area (Å²) in [7, 11) is 0. The Balaban J connectivity index is 1.15. The summed E-state index contributed by atoms with van der Waals surface area (Å²) in [5.74, 6) is -0.278. The van der Waals surface area contributed by atoms with Gasteiger partial charge in [0.05, 0.1) is 35.4 Å².